The number of alkyl halides is 1. The minimum absolute atomic E-state index is 0.0469. The fourth-order valence-electron chi connectivity index (χ4n) is 1.66. The molecule has 0 aromatic carbocycles. The third kappa shape index (κ3) is 2.00. The predicted molar refractivity (Wildman–Crippen MR) is 54.1 cm³/mol. The van der Waals surface area contributed by atoms with Crippen molar-refractivity contribution < 1.29 is 48.4 Å². The van der Waals surface area contributed by atoms with Crippen molar-refractivity contribution in [2.75, 3.05) is 0 Å². The van der Waals surface area contributed by atoms with Crippen molar-refractivity contribution in [2.24, 2.45) is 5.92 Å². The summed E-state index contributed by atoms with van der Waals surface area (Å²) in [6.07, 6.45) is 0.0469. The number of carboxylic acid groups (broad SMARTS) is 4. The third-order valence-electron chi connectivity index (χ3n) is 2.59. The monoisotopic (exact) mass is 292 g/mol. The first kappa shape index (κ1) is 15.3. The van der Waals surface area contributed by atoms with Crippen LogP contribution >= 0.6 is 0 Å². The fourth-order valence-corrected chi connectivity index (χ4v) is 1.66. The molecule has 0 saturated carbocycles. The van der Waals surface area contributed by atoms with Crippen LogP contribution in [0, 0.1) is 5.92 Å². The Kier molecular flexibility index (Phi) is 3.60. The van der Waals surface area contributed by atoms with E-state index in [0.717, 1.165) is 0 Å². The van der Waals surface area contributed by atoms with Gasteiger partial charge in [-0.3, -0.25) is 4.79 Å². The molecule has 0 spiro atoms. The van der Waals surface area contributed by atoms with Crippen LogP contribution in [-0.2, 0) is 19.2 Å². The molecule has 0 heterocycles. The summed E-state index contributed by atoms with van der Waals surface area (Å²) in [5, 5.41) is 34.7. The lowest BCUT2D eigenvalue weighted by Crippen LogP contribution is -2.48. The van der Waals surface area contributed by atoms with Gasteiger partial charge in [0.25, 0.3) is 5.67 Å². The molecule has 0 fully saturated rings. The Morgan fingerprint density at radius 1 is 1.05 bits per heavy atom. The zero-order chi connectivity index (χ0) is 15.8. The number of aliphatic carboxylic acids is 4. The number of rotatable bonds is 4. The largest absolute Gasteiger partial charge is 0.481 e. The lowest BCUT2D eigenvalue weighted by molar-refractivity contribution is -0.161. The maximum absolute atomic E-state index is 14.1. The number of hydrogen-bond acceptors (Lipinski definition) is 4. The Balaban J connectivity index is 3.73. The fraction of sp³-hybridized carbons (Fsp3) is 0.200. The van der Waals surface area contributed by atoms with Crippen molar-refractivity contribution in [3.63, 3.8) is 0 Å². The molecule has 1 aliphatic rings. The normalized spacial score (nSPS) is 25.9. The SMILES string of the molecule is O=C(O)C1=CC(C(=O)O)C(F)(C(=O)O)C(F)=C1C(=O)O. The molecular weight excluding hydrogens is 286 g/mol. The molecule has 0 aromatic heterocycles. The second kappa shape index (κ2) is 4.72. The highest BCUT2D eigenvalue weighted by Gasteiger charge is 2.59. The second-order valence-electron chi connectivity index (χ2n) is 3.71. The van der Waals surface area contributed by atoms with Gasteiger partial charge in [-0.05, 0) is 0 Å². The molecule has 8 nitrogen and oxygen atoms in total. The number of carboxylic acids is 4. The van der Waals surface area contributed by atoms with E-state index in [-0.39, 0.29) is 6.08 Å². The molecule has 10 heteroatoms. The van der Waals surface area contributed by atoms with Crippen molar-refractivity contribution in [3.8, 4) is 0 Å². The predicted octanol–water partition coefficient (Wildman–Crippen LogP) is -0.187. The van der Waals surface area contributed by atoms with Gasteiger partial charge < -0.3 is 20.4 Å². The van der Waals surface area contributed by atoms with Gasteiger partial charge in [0.2, 0.25) is 0 Å². The van der Waals surface area contributed by atoms with E-state index in [4.69, 9.17) is 20.4 Å². The quantitative estimate of drug-likeness (QED) is 0.557. The Hall–Kier alpha value is -2.78. The van der Waals surface area contributed by atoms with E-state index in [9.17, 15) is 28.0 Å². The summed E-state index contributed by atoms with van der Waals surface area (Å²) >= 11 is 0. The summed E-state index contributed by atoms with van der Waals surface area (Å²) in [7, 11) is 0. The lowest BCUT2D eigenvalue weighted by atomic mass is 9.78. The molecule has 4 N–H and O–H groups in total. The van der Waals surface area contributed by atoms with Gasteiger partial charge >= 0.3 is 23.9 Å². The van der Waals surface area contributed by atoms with E-state index >= 15 is 0 Å². The maximum atomic E-state index is 14.1. The zero-order valence-electron chi connectivity index (χ0n) is 9.33. The number of carbonyl (C=O) groups is 4. The highest BCUT2D eigenvalue weighted by atomic mass is 19.2. The molecular formula is C10H6F2O8. The zero-order valence-corrected chi connectivity index (χ0v) is 9.33. The topological polar surface area (TPSA) is 149 Å². The molecule has 0 aromatic rings. The molecule has 0 saturated heterocycles. The number of hydrogen-bond donors (Lipinski definition) is 4. The van der Waals surface area contributed by atoms with Crippen molar-refractivity contribution in [2.45, 2.75) is 5.67 Å². The molecule has 1 rings (SSSR count). The van der Waals surface area contributed by atoms with Crippen LogP contribution in [0.2, 0.25) is 0 Å². The van der Waals surface area contributed by atoms with E-state index in [2.05, 4.69) is 0 Å². The first-order valence-corrected chi connectivity index (χ1v) is 4.79. The summed E-state index contributed by atoms with van der Waals surface area (Å²) < 4.78 is 27.9. The molecule has 0 radical (unpaired) electrons. The van der Waals surface area contributed by atoms with Gasteiger partial charge in [-0.15, -0.1) is 0 Å². The van der Waals surface area contributed by atoms with Crippen molar-refractivity contribution in [3.05, 3.63) is 23.0 Å². The molecule has 0 amide bonds. The van der Waals surface area contributed by atoms with Crippen LogP contribution in [0.15, 0.2) is 23.0 Å². The van der Waals surface area contributed by atoms with Gasteiger partial charge in [0.15, 0.2) is 5.83 Å². The average Bonchev–Trinajstić information content (AvgIpc) is 2.30. The Morgan fingerprint density at radius 2 is 1.55 bits per heavy atom. The van der Waals surface area contributed by atoms with Gasteiger partial charge in [0, 0.05) is 0 Å². The van der Waals surface area contributed by atoms with E-state index in [1.807, 2.05) is 0 Å². The third-order valence-corrected chi connectivity index (χ3v) is 2.59. The summed E-state index contributed by atoms with van der Waals surface area (Å²) in [4.78, 5) is 43.1. The molecule has 0 bridgehead atoms. The Labute approximate surface area is 108 Å². The molecule has 1 aliphatic carbocycles. The minimum atomic E-state index is -4.20. The first-order chi connectivity index (χ1) is 9.05. The standard InChI is InChI=1S/C10H6F2O8/c11-5-4(8(17)18)2(6(13)14)1-3(7(15)16)10(5,12)9(19)20/h1,3H,(H,13,14)(H,15,16)(H,17,18)(H,19,20). The average molecular weight is 292 g/mol. The van der Waals surface area contributed by atoms with E-state index in [1.165, 1.54) is 0 Å². The molecule has 20 heavy (non-hydrogen) atoms. The van der Waals surface area contributed by atoms with Crippen molar-refractivity contribution >= 4 is 23.9 Å². The molecule has 108 valence electrons. The van der Waals surface area contributed by atoms with Crippen LogP contribution in [0.5, 0.6) is 0 Å². The molecule has 2 atom stereocenters. The van der Waals surface area contributed by atoms with Gasteiger partial charge in [0.05, 0.1) is 5.57 Å². The van der Waals surface area contributed by atoms with E-state index in [1.54, 1.807) is 0 Å². The summed E-state index contributed by atoms with van der Waals surface area (Å²) in [5.41, 5.74) is -7.27. The van der Waals surface area contributed by atoms with Crippen LogP contribution < -0.4 is 0 Å². The van der Waals surface area contributed by atoms with Crippen LogP contribution in [0.25, 0.3) is 0 Å². The highest BCUT2D eigenvalue weighted by molar-refractivity contribution is 6.09. The minimum Gasteiger partial charge on any atom is -0.481 e. The number of halogens is 2. The Morgan fingerprint density at radius 3 is 1.85 bits per heavy atom. The van der Waals surface area contributed by atoms with Gasteiger partial charge in [-0.2, -0.15) is 0 Å². The van der Waals surface area contributed by atoms with Crippen molar-refractivity contribution in [1.29, 1.82) is 0 Å². The van der Waals surface area contributed by atoms with Crippen LogP contribution in [0.4, 0.5) is 8.78 Å². The van der Waals surface area contributed by atoms with Gasteiger partial charge in [-0.1, -0.05) is 6.08 Å². The second-order valence-corrected chi connectivity index (χ2v) is 3.71. The highest BCUT2D eigenvalue weighted by Crippen LogP contribution is 2.42. The maximum Gasteiger partial charge on any atom is 0.349 e. The van der Waals surface area contributed by atoms with Crippen LogP contribution in [-0.4, -0.2) is 50.0 Å². The summed E-state index contributed by atoms with van der Waals surface area (Å²) in [6.45, 7) is 0. The van der Waals surface area contributed by atoms with Crippen molar-refractivity contribution in [1.82, 2.24) is 0 Å². The summed E-state index contributed by atoms with van der Waals surface area (Å²) in [5.74, 6) is -14.2. The van der Waals surface area contributed by atoms with Gasteiger partial charge in [0.1, 0.15) is 11.5 Å². The summed E-state index contributed by atoms with van der Waals surface area (Å²) in [6, 6.07) is 0. The van der Waals surface area contributed by atoms with Crippen LogP contribution in [0.3, 0.4) is 0 Å². The van der Waals surface area contributed by atoms with Gasteiger partial charge in [-0.25, -0.2) is 23.2 Å². The van der Waals surface area contributed by atoms with E-state index < -0.39 is 52.4 Å². The van der Waals surface area contributed by atoms with E-state index in [0.29, 0.717) is 0 Å². The van der Waals surface area contributed by atoms with Crippen LogP contribution in [0.1, 0.15) is 0 Å². The molecule has 2 unspecified atom stereocenters. The Bertz CT molecular complexity index is 590. The first-order valence-electron chi connectivity index (χ1n) is 4.79. The lowest BCUT2D eigenvalue weighted by Gasteiger charge is -2.28. The smallest absolute Gasteiger partial charge is 0.349 e. The molecule has 0 aliphatic heterocycles.